The second kappa shape index (κ2) is 4.73. The van der Waals surface area contributed by atoms with Gasteiger partial charge in [0.25, 0.3) is 0 Å². The Labute approximate surface area is 91.3 Å². The van der Waals surface area contributed by atoms with Crippen molar-refractivity contribution in [2.24, 2.45) is 5.73 Å². The summed E-state index contributed by atoms with van der Waals surface area (Å²) >= 11 is 0. The Morgan fingerprint density at radius 2 is 2.40 bits per heavy atom. The molecule has 0 saturated carbocycles. The van der Waals surface area contributed by atoms with Crippen LogP contribution in [0.25, 0.3) is 0 Å². The highest BCUT2D eigenvalue weighted by molar-refractivity contribution is 5.12. The van der Waals surface area contributed by atoms with Crippen molar-refractivity contribution in [2.75, 3.05) is 13.1 Å². The van der Waals surface area contributed by atoms with Gasteiger partial charge in [-0.25, -0.2) is 0 Å². The molecular formula is C12H19N3. The van der Waals surface area contributed by atoms with Gasteiger partial charge in [-0.15, -0.1) is 0 Å². The van der Waals surface area contributed by atoms with Gasteiger partial charge in [-0.05, 0) is 37.9 Å². The Morgan fingerprint density at radius 1 is 1.53 bits per heavy atom. The number of likely N-dealkylation sites (tertiary alicyclic amines) is 1. The highest BCUT2D eigenvalue weighted by atomic mass is 15.1. The summed E-state index contributed by atoms with van der Waals surface area (Å²) in [6, 6.07) is 4.57. The summed E-state index contributed by atoms with van der Waals surface area (Å²) in [7, 11) is 0. The number of aryl methyl sites for hydroxylation is 1. The van der Waals surface area contributed by atoms with Crippen molar-refractivity contribution in [3.05, 3.63) is 29.6 Å². The van der Waals surface area contributed by atoms with Crippen molar-refractivity contribution in [2.45, 2.75) is 32.4 Å². The number of nitrogens with two attached hydrogens (primary N) is 1. The summed E-state index contributed by atoms with van der Waals surface area (Å²) < 4.78 is 0. The van der Waals surface area contributed by atoms with E-state index < -0.39 is 0 Å². The standard InChI is InChI=1S/C12H19N3/c1-10-4-5-12(14-7-10)9-15-6-2-3-11(13)8-15/h4-5,7,11H,2-3,6,8-9,13H2,1H3. The summed E-state index contributed by atoms with van der Waals surface area (Å²) in [5, 5.41) is 0. The molecule has 2 heterocycles. The Morgan fingerprint density at radius 3 is 3.07 bits per heavy atom. The molecule has 0 aromatic carbocycles. The fourth-order valence-corrected chi connectivity index (χ4v) is 2.06. The van der Waals surface area contributed by atoms with E-state index in [0.29, 0.717) is 6.04 Å². The lowest BCUT2D eigenvalue weighted by molar-refractivity contribution is 0.199. The molecule has 0 radical (unpaired) electrons. The molecule has 82 valence electrons. The van der Waals surface area contributed by atoms with Crippen molar-refractivity contribution in [3.8, 4) is 0 Å². The lowest BCUT2D eigenvalue weighted by Crippen LogP contribution is -2.42. The van der Waals surface area contributed by atoms with Crippen LogP contribution in [0.1, 0.15) is 24.1 Å². The molecule has 0 amide bonds. The average molecular weight is 205 g/mol. The molecule has 2 rings (SSSR count). The maximum absolute atomic E-state index is 5.94. The van der Waals surface area contributed by atoms with Gasteiger partial charge in [-0.1, -0.05) is 6.07 Å². The molecule has 3 heteroatoms. The molecule has 15 heavy (non-hydrogen) atoms. The van der Waals surface area contributed by atoms with Crippen LogP contribution in [0.15, 0.2) is 18.3 Å². The van der Waals surface area contributed by atoms with Gasteiger partial charge in [-0.2, -0.15) is 0 Å². The first-order valence-corrected chi connectivity index (χ1v) is 5.63. The minimum atomic E-state index is 0.351. The van der Waals surface area contributed by atoms with E-state index >= 15 is 0 Å². The van der Waals surface area contributed by atoms with E-state index in [1.807, 2.05) is 6.20 Å². The maximum Gasteiger partial charge on any atom is 0.0544 e. The minimum absolute atomic E-state index is 0.351. The van der Waals surface area contributed by atoms with Gasteiger partial charge in [0.05, 0.1) is 5.69 Å². The van der Waals surface area contributed by atoms with Crippen molar-refractivity contribution >= 4 is 0 Å². The average Bonchev–Trinajstić information content (AvgIpc) is 2.22. The summed E-state index contributed by atoms with van der Waals surface area (Å²) in [6.45, 7) is 5.17. The van der Waals surface area contributed by atoms with Crippen LogP contribution in [0, 0.1) is 6.92 Å². The van der Waals surface area contributed by atoms with Gasteiger partial charge in [0.2, 0.25) is 0 Å². The van der Waals surface area contributed by atoms with Gasteiger partial charge >= 0.3 is 0 Å². The number of piperidine rings is 1. The molecule has 0 aliphatic carbocycles. The number of aromatic nitrogens is 1. The van der Waals surface area contributed by atoms with Gasteiger partial charge in [-0.3, -0.25) is 9.88 Å². The van der Waals surface area contributed by atoms with Crippen LogP contribution < -0.4 is 5.73 Å². The lowest BCUT2D eigenvalue weighted by atomic mass is 10.1. The summed E-state index contributed by atoms with van der Waals surface area (Å²) in [4.78, 5) is 6.81. The molecule has 3 nitrogen and oxygen atoms in total. The van der Waals surface area contributed by atoms with Crippen LogP contribution in [0.4, 0.5) is 0 Å². The first-order valence-electron chi connectivity index (χ1n) is 5.63. The van der Waals surface area contributed by atoms with Crippen LogP contribution >= 0.6 is 0 Å². The number of rotatable bonds is 2. The second-order valence-electron chi connectivity index (χ2n) is 4.46. The molecule has 1 fully saturated rings. The molecule has 0 bridgehead atoms. The van der Waals surface area contributed by atoms with E-state index in [2.05, 4.69) is 28.9 Å². The van der Waals surface area contributed by atoms with Gasteiger partial charge in [0.1, 0.15) is 0 Å². The van der Waals surface area contributed by atoms with Crippen LogP contribution in [-0.4, -0.2) is 29.0 Å². The zero-order chi connectivity index (χ0) is 10.7. The highest BCUT2D eigenvalue weighted by Gasteiger charge is 2.16. The predicted octanol–water partition coefficient (Wildman–Crippen LogP) is 1.31. The minimum Gasteiger partial charge on any atom is -0.327 e. The number of pyridine rings is 1. The van der Waals surface area contributed by atoms with Crippen molar-refractivity contribution in [1.29, 1.82) is 0 Å². The lowest BCUT2D eigenvalue weighted by Gasteiger charge is -2.30. The van der Waals surface area contributed by atoms with Gasteiger partial charge in [0.15, 0.2) is 0 Å². The molecule has 2 N–H and O–H groups in total. The topological polar surface area (TPSA) is 42.1 Å². The third-order valence-electron chi connectivity index (χ3n) is 2.90. The SMILES string of the molecule is Cc1ccc(CN2CCCC(N)C2)nc1. The van der Waals surface area contributed by atoms with Gasteiger partial charge < -0.3 is 5.73 Å². The van der Waals surface area contributed by atoms with E-state index in [1.165, 1.54) is 12.0 Å². The fraction of sp³-hybridized carbons (Fsp3) is 0.583. The van der Waals surface area contributed by atoms with E-state index in [-0.39, 0.29) is 0 Å². The first-order chi connectivity index (χ1) is 7.24. The summed E-state index contributed by atoms with van der Waals surface area (Å²) in [5.41, 5.74) is 8.31. The first kappa shape index (κ1) is 10.6. The molecular weight excluding hydrogens is 186 g/mol. The smallest absolute Gasteiger partial charge is 0.0544 e. The van der Waals surface area contributed by atoms with E-state index in [0.717, 1.165) is 31.7 Å². The molecule has 1 atom stereocenters. The maximum atomic E-state index is 5.94. The fourth-order valence-electron chi connectivity index (χ4n) is 2.06. The van der Waals surface area contributed by atoms with Crippen molar-refractivity contribution in [1.82, 2.24) is 9.88 Å². The van der Waals surface area contributed by atoms with E-state index in [9.17, 15) is 0 Å². The molecule has 1 saturated heterocycles. The number of hydrogen-bond donors (Lipinski definition) is 1. The molecule has 1 aliphatic heterocycles. The zero-order valence-electron chi connectivity index (χ0n) is 9.32. The van der Waals surface area contributed by atoms with E-state index in [1.54, 1.807) is 0 Å². The quantitative estimate of drug-likeness (QED) is 0.791. The molecule has 1 aromatic rings. The third-order valence-corrected chi connectivity index (χ3v) is 2.90. The number of nitrogens with zero attached hydrogens (tertiary/aromatic N) is 2. The highest BCUT2D eigenvalue weighted by Crippen LogP contribution is 2.11. The molecule has 1 aliphatic rings. The predicted molar refractivity (Wildman–Crippen MR) is 61.5 cm³/mol. The zero-order valence-corrected chi connectivity index (χ0v) is 9.32. The Kier molecular flexibility index (Phi) is 3.34. The molecule has 1 aromatic heterocycles. The van der Waals surface area contributed by atoms with Crippen LogP contribution in [0.2, 0.25) is 0 Å². The Bertz CT molecular complexity index is 307. The summed E-state index contributed by atoms with van der Waals surface area (Å²) in [6.07, 6.45) is 4.31. The van der Waals surface area contributed by atoms with E-state index in [4.69, 9.17) is 5.73 Å². The van der Waals surface area contributed by atoms with Crippen LogP contribution in [0.3, 0.4) is 0 Å². The van der Waals surface area contributed by atoms with Crippen LogP contribution in [-0.2, 0) is 6.54 Å². The third kappa shape index (κ3) is 3.01. The van der Waals surface area contributed by atoms with Gasteiger partial charge in [0, 0.05) is 25.3 Å². The largest absolute Gasteiger partial charge is 0.327 e. The van der Waals surface area contributed by atoms with Crippen molar-refractivity contribution in [3.63, 3.8) is 0 Å². The Balaban J connectivity index is 1.93. The molecule has 0 spiro atoms. The normalized spacial score (nSPS) is 22.9. The Hall–Kier alpha value is -0.930. The second-order valence-corrected chi connectivity index (χ2v) is 4.46. The van der Waals surface area contributed by atoms with Crippen molar-refractivity contribution < 1.29 is 0 Å². The monoisotopic (exact) mass is 205 g/mol. The molecule has 1 unspecified atom stereocenters. The summed E-state index contributed by atoms with van der Waals surface area (Å²) in [5.74, 6) is 0. The number of hydrogen-bond acceptors (Lipinski definition) is 3. The van der Waals surface area contributed by atoms with Crippen LogP contribution in [0.5, 0.6) is 0 Å².